The van der Waals surface area contributed by atoms with E-state index in [1.807, 2.05) is 13.8 Å². The SMILES string of the molecule is CCN(CC(=O)O)c1nc(C)cc(OC)n1. The minimum Gasteiger partial charge on any atom is -0.481 e. The molecule has 0 spiro atoms. The maximum Gasteiger partial charge on any atom is 0.323 e. The van der Waals surface area contributed by atoms with Crippen LogP contribution in [0.1, 0.15) is 12.6 Å². The summed E-state index contributed by atoms with van der Waals surface area (Å²) < 4.78 is 5.01. The lowest BCUT2D eigenvalue weighted by Crippen LogP contribution is -2.31. The smallest absolute Gasteiger partial charge is 0.323 e. The lowest BCUT2D eigenvalue weighted by molar-refractivity contribution is -0.135. The summed E-state index contributed by atoms with van der Waals surface area (Å²) in [4.78, 5) is 20.5. The van der Waals surface area contributed by atoms with Crippen molar-refractivity contribution >= 4 is 11.9 Å². The molecule has 0 atom stereocenters. The van der Waals surface area contributed by atoms with Gasteiger partial charge in [-0.2, -0.15) is 4.98 Å². The van der Waals surface area contributed by atoms with E-state index in [0.29, 0.717) is 18.4 Å². The largest absolute Gasteiger partial charge is 0.481 e. The van der Waals surface area contributed by atoms with Crippen LogP contribution in [-0.2, 0) is 4.79 Å². The van der Waals surface area contributed by atoms with Crippen molar-refractivity contribution in [3.63, 3.8) is 0 Å². The predicted octanol–water partition coefficient (Wildman–Crippen LogP) is 0.705. The lowest BCUT2D eigenvalue weighted by Gasteiger charge is -2.18. The van der Waals surface area contributed by atoms with Gasteiger partial charge in [-0.15, -0.1) is 0 Å². The Morgan fingerprint density at radius 3 is 2.75 bits per heavy atom. The number of hydrogen-bond acceptors (Lipinski definition) is 5. The van der Waals surface area contributed by atoms with Gasteiger partial charge >= 0.3 is 5.97 Å². The quantitative estimate of drug-likeness (QED) is 0.795. The standard InChI is InChI=1S/C10H15N3O3/c1-4-13(6-9(14)15)10-11-7(2)5-8(12-10)16-3/h5H,4,6H2,1-3H3,(H,14,15). The molecule has 0 saturated heterocycles. The van der Waals surface area contributed by atoms with Crippen molar-refractivity contribution in [2.75, 3.05) is 25.1 Å². The highest BCUT2D eigenvalue weighted by molar-refractivity contribution is 5.72. The van der Waals surface area contributed by atoms with Gasteiger partial charge in [-0.3, -0.25) is 4.79 Å². The number of carboxylic acid groups (broad SMARTS) is 1. The van der Waals surface area contributed by atoms with Gasteiger partial charge in [0.05, 0.1) is 7.11 Å². The van der Waals surface area contributed by atoms with E-state index >= 15 is 0 Å². The number of carbonyl (C=O) groups is 1. The van der Waals surface area contributed by atoms with Crippen LogP contribution in [0.3, 0.4) is 0 Å². The first kappa shape index (κ1) is 12.2. The molecule has 0 aliphatic rings. The molecule has 1 aromatic heterocycles. The number of hydrogen-bond donors (Lipinski definition) is 1. The number of likely N-dealkylation sites (N-methyl/N-ethyl adjacent to an activating group) is 1. The summed E-state index contributed by atoms with van der Waals surface area (Å²) in [5.74, 6) is -0.0981. The second kappa shape index (κ2) is 5.29. The average molecular weight is 225 g/mol. The molecule has 0 unspecified atom stereocenters. The highest BCUT2D eigenvalue weighted by atomic mass is 16.5. The first-order chi connectivity index (χ1) is 7.56. The molecular weight excluding hydrogens is 210 g/mol. The molecule has 1 heterocycles. The molecule has 6 heteroatoms. The van der Waals surface area contributed by atoms with Gasteiger partial charge in [-0.05, 0) is 13.8 Å². The van der Waals surface area contributed by atoms with Gasteiger partial charge in [-0.1, -0.05) is 0 Å². The normalized spacial score (nSPS) is 9.94. The third kappa shape index (κ3) is 3.08. The van der Waals surface area contributed by atoms with Crippen LogP contribution in [-0.4, -0.2) is 41.2 Å². The van der Waals surface area contributed by atoms with E-state index in [9.17, 15) is 4.79 Å². The Morgan fingerprint density at radius 2 is 2.25 bits per heavy atom. The molecule has 0 amide bonds. The summed E-state index contributed by atoms with van der Waals surface area (Å²) in [7, 11) is 1.51. The maximum absolute atomic E-state index is 10.7. The van der Waals surface area contributed by atoms with Gasteiger partial charge in [0.25, 0.3) is 0 Å². The van der Waals surface area contributed by atoms with Crippen LogP contribution in [0.2, 0.25) is 0 Å². The third-order valence-electron chi connectivity index (χ3n) is 2.02. The summed E-state index contributed by atoms with van der Waals surface area (Å²) in [6.07, 6.45) is 0. The second-order valence-electron chi connectivity index (χ2n) is 3.26. The Bertz CT molecular complexity index is 382. The Morgan fingerprint density at radius 1 is 1.56 bits per heavy atom. The number of rotatable bonds is 5. The summed E-state index contributed by atoms with van der Waals surface area (Å²) in [5.41, 5.74) is 0.741. The third-order valence-corrected chi connectivity index (χ3v) is 2.02. The summed E-state index contributed by atoms with van der Waals surface area (Å²) in [6.45, 7) is 4.06. The van der Waals surface area contributed by atoms with Gasteiger partial charge < -0.3 is 14.7 Å². The Kier molecular flexibility index (Phi) is 4.04. The number of aryl methyl sites for hydroxylation is 1. The molecule has 1 N–H and O–H groups in total. The zero-order valence-electron chi connectivity index (χ0n) is 9.60. The molecule has 1 rings (SSSR count). The van der Waals surface area contributed by atoms with E-state index in [0.717, 1.165) is 5.69 Å². The molecule has 16 heavy (non-hydrogen) atoms. The maximum atomic E-state index is 10.7. The lowest BCUT2D eigenvalue weighted by atomic mass is 10.4. The number of nitrogens with zero attached hydrogens (tertiary/aromatic N) is 3. The minimum atomic E-state index is -0.911. The molecule has 0 aliphatic heterocycles. The van der Waals surface area contributed by atoms with Crippen molar-refractivity contribution in [3.05, 3.63) is 11.8 Å². The summed E-state index contributed by atoms with van der Waals surface area (Å²) in [6, 6.07) is 1.69. The van der Waals surface area contributed by atoms with E-state index < -0.39 is 5.97 Å². The summed E-state index contributed by atoms with van der Waals surface area (Å²) >= 11 is 0. The number of methoxy groups -OCH3 is 1. The van der Waals surface area contributed by atoms with Crippen molar-refractivity contribution in [2.24, 2.45) is 0 Å². The molecule has 0 radical (unpaired) electrons. The van der Waals surface area contributed by atoms with Crippen LogP contribution < -0.4 is 9.64 Å². The van der Waals surface area contributed by atoms with Gasteiger partial charge in [0, 0.05) is 18.3 Å². The van der Waals surface area contributed by atoms with Crippen LogP contribution >= 0.6 is 0 Å². The Labute approximate surface area is 93.9 Å². The highest BCUT2D eigenvalue weighted by Gasteiger charge is 2.13. The number of anilines is 1. The average Bonchev–Trinajstić information content (AvgIpc) is 2.24. The topological polar surface area (TPSA) is 75.6 Å². The van der Waals surface area contributed by atoms with E-state index in [-0.39, 0.29) is 6.54 Å². The van der Waals surface area contributed by atoms with Crippen LogP contribution in [0, 0.1) is 6.92 Å². The molecule has 6 nitrogen and oxygen atoms in total. The number of aromatic nitrogens is 2. The first-order valence-electron chi connectivity index (χ1n) is 4.93. The molecule has 0 fully saturated rings. The van der Waals surface area contributed by atoms with E-state index in [4.69, 9.17) is 9.84 Å². The van der Waals surface area contributed by atoms with Gasteiger partial charge in [0.2, 0.25) is 11.8 Å². The van der Waals surface area contributed by atoms with E-state index in [1.54, 1.807) is 11.0 Å². The monoisotopic (exact) mass is 225 g/mol. The minimum absolute atomic E-state index is 0.122. The van der Waals surface area contributed by atoms with Crippen molar-refractivity contribution < 1.29 is 14.6 Å². The fourth-order valence-corrected chi connectivity index (χ4v) is 1.26. The summed E-state index contributed by atoms with van der Waals surface area (Å²) in [5, 5.41) is 8.74. The van der Waals surface area contributed by atoms with E-state index in [2.05, 4.69) is 9.97 Å². The molecule has 0 saturated carbocycles. The van der Waals surface area contributed by atoms with Crippen molar-refractivity contribution in [2.45, 2.75) is 13.8 Å². The Hall–Kier alpha value is -1.85. The highest BCUT2D eigenvalue weighted by Crippen LogP contribution is 2.14. The fraction of sp³-hybridized carbons (Fsp3) is 0.500. The molecule has 0 aliphatic carbocycles. The van der Waals surface area contributed by atoms with Gasteiger partial charge in [-0.25, -0.2) is 4.98 Å². The zero-order chi connectivity index (χ0) is 12.1. The van der Waals surface area contributed by atoms with Crippen LogP contribution in [0.15, 0.2) is 6.07 Å². The first-order valence-corrected chi connectivity index (χ1v) is 4.93. The number of carboxylic acids is 1. The molecular formula is C10H15N3O3. The number of ether oxygens (including phenoxy) is 1. The predicted molar refractivity (Wildman–Crippen MR) is 58.8 cm³/mol. The van der Waals surface area contributed by atoms with Crippen molar-refractivity contribution in [1.29, 1.82) is 0 Å². The molecule has 88 valence electrons. The van der Waals surface area contributed by atoms with Gasteiger partial charge in [0.15, 0.2) is 0 Å². The molecule has 0 aromatic carbocycles. The second-order valence-corrected chi connectivity index (χ2v) is 3.26. The van der Waals surface area contributed by atoms with Crippen LogP contribution in [0.5, 0.6) is 5.88 Å². The Balaban J connectivity index is 2.99. The van der Waals surface area contributed by atoms with Crippen LogP contribution in [0.25, 0.3) is 0 Å². The molecule has 1 aromatic rings. The fourth-order valence-electron chi connectivity index (χ4n) is 1.26. The van der Waals surface area contributed by atoms with Crippen LogP contribution in [0.4, 0.5) is 5.95 Å². The van der Waals surface area contributed by atoms with Crippen molar-refractivity contribution in [1.82, 2.24) is 9.97 Å². The molecule has 0 bridgehead atoms. The van der Waals surface area contributed by atoms with Crippen molar-refractivity contribution in [3.8, 4) is 5.88 Å². The number of aliphatic carboxylic acids is 1. The van der Waals surface area contributed by atoms with Gasteiger partial charge in [0.1, 0.15) is 6.54 Å². The zero-order valence-corrected chi connectivity index (χ0v) is 9.60. The van der Waals surface area contributed by atoms with E-state index in [1.165, 1.54) is 7.11 Å².